The minimum Gasteiger partial charge on any atom is -0.394 e. The van der Waals surface area contributed by atoms with Gasteiger partial charge >= 0.3 is 0 Å². The normalized spacial score (nSPS) is 17.5. The molecule has 1 heterocycles. The van der Waals surface area contributed by atoms with Gasteiger partial charge in [0.1, 0.15) is 0 Å². The predicted molar refractivity (Wildman–Crippen MR) is 60.2 cm³/mol. The average Bonchev–Trinajstić information content (AvgIpc) is 2.85. The van der Waals surface area contributed by atoms with Crippen molar-refractivity contribution in [3.8, 4) is 0 Å². The van der Waals surface area contributed by atoms with Crippen molar-refractivity contribution in [3.05, 3.63) is 21.9 Å². The summed E-state index contributed by atoms with van der Waals surface area (Å²) in [6.45, 7) is 2.09. The van der Waals surface area contributed by atoms with Crippen molar-refractivity contribution in [3.63, 3.8) is 0 Å². The van der Waals surface area contributed by atoms with Crippen LogP contribution in [0, 0.1) is 0 Å². The van der Waals surface area contributed by atoms with Gasteiger partial charge in [-0.05, 0) is 36.3 Å². The molecule has 0 atom stereocenters. The third kappa shape index (κ3) is 2.06. The van der Waals surface area contributed by atoms with E-state index in [9.17, 15) is 4.79 Å². The first-order chi connectivity index (χ1) is 7.21. The molecule has 1 fully saturated rings. The Labute approximate surface area is 93.1 Å². The maximum Gasteiger partial charge on any atom is 0.262 e. The zero-order valence-electron chi connectivity index (χ0n) is 8.75. The van der Waals surface area contributed by atoms with Crippen molar-refractivity contribution in [2.75, 3.05) is 6.61 Å². The summed E-state index contributed by atoms with van der Waals surface area (Å²) < 4.78 is 0. The molecule has 1 saturated carbocycles. The molecular weight excluding hydrogens is 210 g/mol. The maximum atomic E-state index is 11.9. The van der Waals surface area contributed by atoms with Crippen molar-refractivity contribution in [1.82, 2.24) is 5.32 Å². The van der Waals surface area contributed by atoms with E-state index in [1.165, 1.54) is 11.3 Å². The van der Waals surface area contributed by atoms with Gasteiger partial charge in [-0.2, -0.15) is 0 Å². The second kappa shape index (κ2) is 3.94. The minimum atomic E-state index is -0.313. The maximum absolute atomic E-state index is 11.9. The third-order valence-corrected chi connectivity index (χ3v) is 3.82. The number of hydrogen-bond donors (Lipinski definition) is 2. The Morgan fingerprint density at radius 2 is 2.40 bits per heavy atom. The summed E-state index contributed by atoms with van der Waals surface area (Å²) in [5.74, 6) is -0.0339. The molecule has 2 rings (SSSR count). The van der Waals surface area contributed by atoms with Gasteiger partial charge in [-0.3, -0.25) is 4.79 Å². The number of hydrogen-bond acceptors (Lipinski definition) is 3. The van der Waals surface area contributed by atoms with E-state index < -0.39 is 0 Å². The molecule has 0 aliphatic heterocycles. The van der Waals surface area contributed by atoms with E-state index in [-0.39, 0.29) is 18.1 Å². The van der Waals surface area contributed by atoms with Crippen LogP contribution < -0.4 is 5.32 Å². The molecule has 1 aromatic heterocycles. The van der Waals surface area contributed by atoms with E-state index in [0.717, 1.165) is 29.7 Å². The van der Waals surface area contributed by atoms with E-state index in [1.54, 1.807) is 0 Å². The Morgan fingerprint density at radius 3 is 2.93 bits per heavy atom. The van der Waals surface area contributed by atoms with Gasteiger partial charge in [0.2, 0.25) is 0 Å². The molecule has 2 N–H and O–H groups in total. The summed E-state index contributed by atoms with van der Waals surface area (Å²) in [7, 11) is 0. The Hall–Kier alpha value is -0.870. The highest BCUT2D eigenvalue weighted by molar-refractivity contribution is 7.12. The lowest BCUT2D eigenvalue weighted by atomic mass is 10.2. The van der Waals surface area contributed by atoms with Crippen LogP contribution >= 0.6 is 11.3 Å². The van der Waals surface area contributed by atoms with Crippen molar-refractivity contribution < 1.29 is 9.90 Å². The smallest absolute Gasteiger partial charge is 0.262 e. The van der Waals surface area contributed by atoms with Gasteiger partial charge in [0.25, 0.3) is 5.91 Å². The van der Waals surface area contributed by atoms with E-state index in [2.05, 4.69) is 5.32 Å². The van der Waals surface area contributed by atoms with Gasteiger partial charge in [0.05, 0.1) is 17.0 Å². The summed E-state index contributed by atoms with van der Waals surface area (Å²) >= 11 is 1.47. The Bertz CT molecular complexity index is 368. The van der Waals surface area contributed by atoms with Crippen LogP contribution in [0.2, 0.25) is 0 Å². The number of nitrogens with one attached hydrogen (secondary N) is 1. The molecule has 0 spiro atoms. The lowest BCUT2D eigenvalue weighted by molar-refractivity contribution is 0.0910. The number of aliphatic hydroxyl groups excluding tert-OH is 1. The molecule has 0 bridgehead atoms. The first-order valence-electron chi connectivity index (χ1n) is 5.20. The number of rotatable bonds is 4. The second-order valence-corrected chi connectivity index (χ2v) is 4.94. The summed E-state index contributed by atoms with van der Waals surface area (Å²) in [4.78, 5) is 12.7. The standard InChI is InChI=1S/C11H15NO2S/c1-2-8-3-6-15-9(8)10(14)12-11(7-13)4-5-11/h3,6,13H,2,4-5,7H2,1H3,(H,12,14). The molecule has 0 aromatic carbocycles. The average molecular weight is 225 g/mol. The number of carbonyl (C=O) groups is 1. The zero-order chi connectivity index (χ0) is 10.9. The third-order valence-electron chi connectivity index (χ3n) is 2.87. The molecule has 1 aliphatic carbocycles. The largest absolute Gasteiger partial charge is 0.394 e. The first-order valence-corrected chi connectivity index (χ1v) is 6.08. The Kier molecular flexibility index (Phi) is 2.80. The van der Waals surface area contributed by atoms with E-state index in [0.29, 0.717) is 0 Å². The summed E-state index contributed by atoms with van der Waals surface area (Å²) in [6, 6.07) is 1.98. The van der Waals surface area contributed by atoms with Crippen molar-refractivity contribution in [2.24, 2.45) is 0 Å². The molecule has 15 heavy (non-hydrogen) atoms. The van der Waals surface area contributed by atoms with Gasteiger partial charge in [-0.25, -0.2) is 0 Å². The van der Waals surface area contributed by atoms with E-state index >= 15 is 0 Å². The Morgan fingerprint density at radius 1 is 1.67 bits per heavy atom. The number of aryl methyl sites for hydroxylation is 1. The van der Waals surface area contributed by atoms with Crippen LogP contribution in [0.5, 0.6) is 0 Å². The molecule has 82 valence electrons. The van der Waals surface area contributed by atoms with Gasteiger partial charge in [0.15, 0.2) is 0 Å². The molecule has 0 radical (unpaired) electrons. The molecule has 4 heteroatoms. The molecule has 3 nitrogen and oxygen atoms in total. The van der Waals surface area contributed by atoms with Crippen molar-refractivity contribution in [1.29, 1.82) is 0 Å². The lowest BCUT2D eigenvalue weighted by Gasteiger charge is -2.13. The second-order valence-electron chi connectivity index (χ2n) is 4.02. The predicted octanol–water partition coefficient (Wildman–Crippen LogP) is 1.57. The van der Waals surface area contributed by atoms with Crippen LogP contribution in [-0.4, -0.2) is 23.2 Å². The SMILES string of the molecule is CCc1ccsc1C(=O)NC1(CO)CC1. The fraction of sp³-hybridized carbons (Fsp3) is 0.545. The number of aliphatic hydroxyl groups is 1. The number of thiophene rings is 1. The highest BCUT2D eigenvalue weighted by Crippen LogP contribution is 2.35. The molecule has 0 saturated heterocycles. The van der Waals surface area contributed by atoms with Crippen LogP contribution in [0.15, 0.2) is 11.4 Å². The fourth-order valence-electron chi connectivity index (χ4n) is 1.58. The van der Waals surface area contributed by atoms with Gasteiger partial charge < -0.3 is 10.4 Å². The molecule has 1 aliphatic rings. The van der Waals surface area contributed by atoms with Crippen LogP contribution in [0.25, 0.3) is 0 Å². The number of carbonyl (C=O) groups excluding carboxylic acids is 1. The monoisotopic (exact) mass is 225 g/mol. The van der Waals surface area contributed by atoms with Gasteiger partial charge in [0, 0.05) is 0 Å². The summed E-state index contributed by atoms with van der Waals surface area (Å²) in [6.07, 6.45) is 2.66. The lowest BCUT2D eigenvalue weighted by Crippen LogP contribution is -2.39. The summed E-state index contributed by atoms with van der Waals surface area (Å²) in [5.41, 5.74) is 0.776. The van der Waals surface area contributed by atoms with E-state index in [4.69, 9.17) is 5.11 Å². The Balaban J connectivity index is 2.08. The zero-order valence-corrected chi connectivity index (χ0v) is 9.56. The highest BCUT2D eigenvalue weighted by atomic mass is 32.1. The van der Waals surface area contributed by atoms with Crippen LogP contribution in [0.3, 0.4) is 0 Å². The molecule has 0 unspecified atom stereocenters. The molecular formula is C11H15NO2S. The fourth-order valence-corrected chi connectivity index (χ4v) is 2.47. The van der Waals surface area contributed by atoms with Gasteiger partial charge in [-0.15, -0.1) is 11.3 Å². The van der Waals surface area contributed by atoms with Crippen molar-refractivity contribution >= 4 is 17.2 Å². The minimum absolute atomic E-state index is 0.0339. The summed E-state index contributed by atoms with van der Waals surface area (Å²) in [5, 5.41) is 14.0. The number of amides is 1. The van der Waals surface area contributed by atoms with Gasteiger partial charge in [-0.1, -0.05) is 6.92 Å². The quantitative estimate of drug-likeness (QED) is 0.817. The van der Waals surface area contributed by atoms with Crippen LogP contribution in [-0.2, 0) is 6.42 Å². The van der Waals surface area contributed by atoms with Crippen LogP contribution in [0.1, 0.15) is 35.0 Å². The topological polar surface area (TPSA) is 49.3 Å². The van der Waals surface area contributed by atoms with Crippen LogP contribution in [0.4, 0.5) is 0 Å². The van der Waals surface area contributed by atoms with Crippen molar-refractivity contribution in [2.45, 2.75) is 31.7 Å². The molecule has 1 amide bonds. The highest BCUT2D eigenvalue weighted by Gasteiger charge is 2.43. The van der Waals surface area contributed by atoms with E-state index in [1.807, 2.05) is 18.4 Å². The molecule has 1 aromatic rings. The first kappa shape index (κ1) is 10.6.